The number of furan rings is 1. The lowest BCUT2D eigenvalue weighted by atomic mass is 10.1. The summed E-state index contributed by atoms with van der Waals surface area (Å²) in [6, 6.07) is 14.6. The third kappa shape index (κ3) is 3.12. The minimum Gasteiger partial charge on any atom is -0.450 e. The number of rotatable bonds is 3. The Bertz CT molecular complexity index is 1240. The molecule has 0 saturated heterocycles. The third-order valence-electron chi connectivity index (χ3n) is 3.65. The van der Waals surface area contributed by atoms with Gasteiger partial charge in [-0.15, -0.1) is 11.3 Å². The van der Waals surface area contributed by atoms with Crippen molar-refractivity contribution in [2.24, 2.45) is 0 Å². The molecule has 7 heteroatoms. The quantitative estimate of drug-likeness (QED) is 0.327. The molecule has 3 aromatic heterocycles. The summed E-state index contributed by atoms with van der Waals surface area (Å²) >= 11 is 4.51. The Labute approximate surface area is 160 Å². The molecule has 3 heterocycles. The number of nitrogens with zero attached hydrogens (tertiary/aromatic N) is 2. The highest BCUT2D eigenvalue weighted by Crippen LogP contribution is 2.28. The van der Waals surface area contributed by atoms with E-state index in [2.05, 4.69) is 27.0 Å². The zero-order valence-electron chi connectivity index (χ0n) is 13.1. The molecular weight excluding hydrogens is 416 g/mol. The van der Waals surface area contributed by atoms with Crippen LogP contribution < -0.4 is 5.63 Å². The molecule has 0 spiro atoms. The SMILES string of the molecule is N#CC(=Cc1ccc(Br)o1)c1nc(-c2cc3ccccc3oc2=O)cs1. The average molecular weight is 425 g/mol. The van der Waals surface area contributed by atoms with Crippen LogP contribution in [0.5, 0.6) is 0 Å². The van der Waals surface area contributed by atoms with Crippen molar-refractivity contribution in [1.29, 1.82) is 5.26 Å². The lowest BCUT2D eigenvalue weighted by Crippen LogP contribution is -2.02. The first kappa shape index (κ1) is 16.5. The highest BCUT2D eigenvalue weighted by atomic mass is 79.9. The van der Waals surface area contributed by atoms with Crippen LogP contribution in [0.2, 0.25) is 0 Å². The first-order valence-electron chi connectivity index (χ1n) is 7.50. The molecule has 126 valence electrons. The largest absolute Gasteiger partial charge is 0.450 e. The number of allylic oxidation sites excluding steroid dienone is 1. The highest BCUT2D eigenvalue weighted by molar-refractivity contribution is 9.10. The fourth-order valence-corrected chi connectivity index (χ4v) is 3.56. The lowest BCUT2D eigenvalue weighted by Gasteiger charge is -1.99. The van der Waals surface area contributed by atoms with Crippen molar-refractivity contribution >= 4 is 49.9 Å². The van der Waals surface area contributed by atoms with E-state index in [1.54, 1.807) is 35.7 Å². The van der Waals surface area contributed by atoms with Gasteiger partial charge in [0.2, 0.25) is 0 Å². The van der Waals surface area contributed by atoms with Gasteiger partial charge in [-0.05, 0) is 40.2 Å². The van der Waals surface area contributed by atoms with E-state index >= 15 is 0 Å². The lowest BCUT2D eigenvalue weighted by molar-refractivity contribution is 0.532. The maximum absolute atomic E-state index is 12.3. The van der Waals surface area contributed by atoms with Crippen molar-refractivity contribution in [3.63, 3.8) is 0 Å². The van der Waals surface area contributed by atoms with E-state index in [0.717, 1.165) is 5.39 Å². The van der Waals surface area contributed by atoms with Crippen LogP contribution >= 0.6 is 27.3 Å². The van der Waals surface area contributed by atoms with Gasteiger partial charge in [0.1, 0.15) is 22.4 Å². The Morgan fingerprint density at radius 2 is 2.08 bits per heavy atom. The number of thiazole rings is 1. The molecule has 5 nitrogen and oxygen atoms in total. The van der Waals surface area contributed by atoms with Gasteiger partial charge in [-0.3, -0.25) is 0 Å². The maximum atomic E-state index is 12.3. The van der Waals surface area contributed by atoms with Gasteiger partial charge in [0.25, 0.3) is 0 Å². The normalized spacial score (nSPS) is 11.6. The van der Waals surface area contributed by atoms with Gasteiger partial charge in [0, 0.05) is 16.8 Å². The summed E-state index contributed by atoms with van der Waals surface area (Å²) in [5, 5.41) is 12.5. The summed E-state index contributed by atoms with van der Waals surface area (Å²) in [6.45, 7) is 0. The summed E-state index contributed by atoms with van der Waals surface area (Å²) in [5.41, 5.74) is 1.26. The molecular formula is C19H9BrN2O3S. The molecule has 0 radical (unpaired) electrons. The molecule has 4 rings (SSSR count). The van der Waals surface area contributed by atoms with E-state index in [-0.39, 0.29) is 0 Å². The van der Waals surface area contributed by atoms with Gasteiger partial charge in [-0.25, -0.2) is 9.78 Å². The fraction of sp³-hybridized carbons (Fsp3) is 0. The molecule has 0 unspecified atom stereocenters. The van der Waals surface area contributed by atoms with Crippen molar-refractivity contribution in [1.82, 2.24) is 4.98 Å². The Balaban J connectivity index is 1.76. The van der Waals surface area contributed by atoms with E-state index < -0.39 is 5.63 Å². The maximum Gasteiger partial charge on any atom is 0.345 e. The van der Waals surface area contributed by atoms with Gasteiger partial charge in [-0.1, -0.05) is 18.2 Å². The molecule has 0 fully saturated rings. The summed E-state index contributed by atoms with van der Waals surface area (Å²) in [4.78, 5) is 16.7. The van der Waals surface area contributed by atoms with Gasteiger partial charge in [-0.2, -0.15) is 5.26 Å². The minimum atomic E-state index is -0.460. The van der Waals surface area contributed by atoms with Crippen molar-refractivity contribution in [3.8, 4) is 17.3 Å². The van der Waals surface area contributed by atoms with Crippen LogP contribution in [0.15, 0.2) is 66.1 Å². The fourth-order valence-electron chi connectivity index (χ4n) is 2.45. The van der Waals surface area contributed by atoms with E-state index in [4.69, 9.17) is 8.83 Å². The van der Waals surface area contributed by atoms with Crippen molar-refractivity contribution in [3.05, 3.63) is 73.7 Å². The van der Waals surface area contributed by atoms with Gasteiger partial charge in [0.15, 0.2) is 4.67 Å². The van der Waals surface area contributed by atoms with E-state index in [1.807, 2.05) is 18.2 Å². The summed E-state index contributed by atoms with van der Waals surface area (Å²) in [5.74, 6) is 0.537. The summed E-state index contributed by atoms with van der Waals surface area (Å²) in [6.07, 6.45) is 1.61. The number of hydrogen-bond donors (Lipinski definition) is 0. The number of aromatic nitrogens is 1. The van der Waals surface area contributed by atoms with Crippen LogP contribution in [0.4, 0.5) is 0 Å². The third-order valence-corrected chi connectivity index (χ3v) is 4.95. The van der Waals surface area contributed by atoms with Crippen LogP contribution in [0.25, 0.3) is 33.9 Å². The number of hydrogen-bond acceptors (Lipinski definition) is 6. The molecule has 4 aromatic rings. The van der Waals surface area contributed by atoms with Gasteiger partial charge in [0.05, 0.1) is 16.8 Å². The van der Waals surface area contributed by atoms with E-state index in [9.17, 15) is 10.1 Å². The summed E-state index contributed by atoms with van der Waals surface area (Å²) in [7, 11) is 0. The molecule has 0 aliphatic carbocycles. The molecule has 0 aliphatic heterocycles. The second-order valence-electron chi connectivity index (χ2n) is 5.33. The number of halogens is 1. The average Bonchev–Trinajstić information content (AvgIpc) is 3.28. The molecule has 0 atom stereocenters. The molecule has 1 aromatic carbocycles. The van der Waals surface area contributed by atoms with Crippen LogP contribution in [-0.4, -0.2) is 4.98 Å². The molecule has 0 aliphatic rings. The standard InChI is InChI=1S/C19H9BrN2O3S/c20-17-6-5-13(24-17)7-12(9-21)18-22-15(10-26-18)14-8-11-3-1-2-4-16(11)25-19(14)23/h1-8,10H. The molecule has 0 saturated carbocycles. The predicted octanol–water partition coefficient (Wildman–Crippen LogP) is 5.34. The number of para-hydroxylation sites is 1. The minimum absolute atomic E-state index is 0.355. The number of fused-ring (bicyclic) bond motifs is 1. The zero-order chi connectivity index (χ0) is 18.1. The van der Waals surface area contributed by atoms with Crippen molar-refractivity contribution < 1.29 is 8.83 Å². The number of benzene rings is 1. The Morgan fingerprint density at radius 3 is 2.85 bits per heavy atom. The van der Waals surface area contributed by atoms with Gasteiger partial charge >= 0.3 is 5.63 Å². The Kier molecular flexibility index (Phi) is 4.29. The molecule has 0 bridgehead atoms. The Hall–Kier alpha value is -2.95. The van der Waals surface area contributed by atoms with Crippen LogP contribution in [0.3, 0.4) is 0 Å². The predicted molar refractivity (Wildman–Crippen MR) is 103 cm³/mol. The molecule has 0 N–H and O–H groups in total. The topological polar surface area (TPSA) is 80.0 Å². The zero-order valence-corrected chi connectivity index (χ0v) is 15.5. The first-order valence-corrected chi connectivity index (χ1v) is 9.17. The monoisotopic (exact) mass is 424 g/mol. The second-order valence-corrected chi connectivity index (χ2v) is 6.97. The van der Waals surface area contributed by atoms with Crippen LogP contribution in [0.1, 0.15) is 10.8 Å². The van der Waals surface area contributed by atoms with E-state index in [1.165, 1.54) is 11.3 Å². The van der Waals surface area contributed by atoms with Crippen LogP contribution in [-0.2, 0) is 0 Å². The number of nitriles is 1. The van der Waals surface area contributed by atoms with E-state index in [0.29, 0.717) is 37.9 Å². The first-order chi connectivity index (χ1) is 12.6. The van der Waals surface area contributed by atoms with Crippen molar-refractivity contribution in [2.75, 3.05) is 0 Å². The molecule has 26 heavy (non-hydrogen) atoms. The second kappa shape index (κ2) is 6.75. The highest BCUT2D eigenvalue weighted by Gasteiger charge is 2.14. The molecule has 0 amide bonds. The Morgan fingerprint density at radius 1 is 1.23 bits per heavy atom. The van der Waals surface area contributed by atoms with Crippen molar-refractivity contribution in [2.45, 2.75) is 0 Å². The summed E-state index contributed by atoms with van der Waals surface area (Å²) < 4.78 is 11.3. The smallest absolute Gasteiger partial charge is 0.345 e. The van der Waals surface area contributed by atoms with Crippen LogP contribution in [0, 0.1) is 11.3 Å². The van der Waals surface area contributed by atoms with Gasteiger partial charge < -0.3 is 8.83 Å².